The number of hydrogen-bond donors (Lipinski definition) is 0. The average molecular weight is 344 g/mol. The van der Waals surface area contributed by atoms with Crippen molar-refractivity contribution < 1.29 is 4.74 Å². The van der Waals surface area contributed by atoms with E-state index in [0.717, 1.165) is 29.3 Å². The van der Waals surface area contributed by atoms with Gasteiger partial charge in [-0.05, 0) is 65.9 Å². The fourth-order valence-corrected chi connectivity index (χ4v) is 2.51. The summed E-state index contributed by atoms with van der Waals surface area (Å²) in [6.45, 7) is 6.72. The van der Waals surface area contributed by atoms with Crippen LogP contribution in [0, 0.1) is 0 Å². The van der Waals surface area contributed by atoms with E-state index in [1.807, 2.05) is 54.6 Å². The van der Waals surface area contributed by atoms with Gasteiger partial charge in [0.1, 0.15) is 11.5 Å². The molecule has 0 N–H and O–H groups in total. The molecule has 3 nitrogen and oxygen atoms in total. The second-order valence-electron chi connectivity index (χ2n) is 6.87. The zero-order valence-corrected chi connectivity index (χ0v) is 15.5. The molecule has 0 amide bonds. The highest BCUT2D eigenvalue weighted by Crippen LogP contribution is 2.30. The van der Waals surface area contributed by atoms with Crippen LogP contribution < -0.4 is 4.74 Å². The van der Waals surface area contributed by atoms with Gasteiger partial charge in [0.15, 0.2) is 0 Å². The van der Waals surface area contributed by atoms with Crippen molar-refractivity contribution in [2.75, 3.05) is 0 Å². The van der Waals surface area contributed by atoms with Crippen molar-refractivity contribution in [1.82, 2.24) is 4.98 Å². The van der Waals surface area contributed by atoms with E-state index in [4.69, 9.17) is 4.74 Å². The van der Waals surface area contributed by atoms with Crippen LogP contribution in [0.4, 0.5) is 5.69 Å². The zero-order valence-electron chi connectivity index (χ0n) is 15.5. The third-order valence-corrected chi connectivity index (χ3v) is 4.63. The van der Waals surface area contributed by atoms with Crippen LogP contribution in [0.2, 0.25) is 0 Å². The Balaban J connectivity index is 1.65. The van der Waals surface area contributed by atoms with Crippen LogP contribution in [0.15, 0.2) is 77.9 Å². The number of benzene rings is 2. The largest absolute Gasteiger partial charge is 0.457 e. The highest BCUT2D eigenvalue weighted by atomic mass is 16.5. The van der Waals surface area contributed by atoms with Gasteiger partial charge in [-0.25, -0.2) is 0 Å². The van der Waals surface area contributed by atoms with Gasteiger partial charge in [-0.3, -0.25) is 9.98 Å². The van der Waals surface area contributed by atoms with Crippen LogP contribution >= 0.6 is 0 Å². The summed E-state index contributed by atoms with van der Waals surface area (Å²) in [5, 5.41) is 0. The van der Waals surface area contributed by atoms with E-state index < -0.39 is 0 Å². The maximum absolute atomic E-state index is 5.93. The van der Waals surface area contributed by atoms with E-state index in [1.54, 1.807) is 12.4 Å². The molecule has 0 atom stereocenters. The number of nitrogens with zero attached hydrogens (tertiary/aromatic N) is 2. The molecule has 0 saturated carbocycles. The van der Waals surface area contributed by atoms with E-state index in [-0.39, 0.29) is 5.41 Å². The minimum atomic E-state index is 0.186. The fraction of sp³-hybridized carbons (Fsp3) is 0.217. The monoisotopic (exact) mass is 344 g/mol. The Morgan fingerprint density at radius 3 is 2.15 bits per heavy atom. The third-order valence-electron chi connectivity index (χ3n) is 4.63. The fourth-order valence-electron chi connectivity index (χ4n) is 2.51. The molecule has 0 bridgehead atoms. The molecule has 132 valence electrons. The Kier molecular flexibility index (Phi) is 5.47. The van der Waals surface area contributed by atoms with Crippen LogP contribution in [0.1, 0.15) is 38.4 Å². The molecule has 0 radical (unpaired) electrons. The van der Waals surface area contributed by atoms with Gasteiger partial charge >= 0.3 is 0 Å². The Bertz CT molecular complexity index is 851. The van der Waals surface area contributed by atoms with E-state index in [0.29, 0.717) is 0 Å². The summed E-state index contributed by atoms with van der Waals surface area (Å²) in [5.74, 6) is 1.63. The number of pyridine rings is 1. The van der Waals surface area contributed by atoms with Crippen molar-refractivity contribution in [2.45, 2.75) is 32.6 Å². The average Bonchev–Trinajstić information content (AvgIpc) is 2.69. The molecule has 0 aliphatic rings. The molecule has 3 heteroatoms. The topological polar surface area (TPSA) is 34.5 Å². The van der Waals surface area contributed by atoms with Crippen LogP contribution in [0.25, 0.3) is 0 Å². The van der Waals surface area contributed by atoms with Crippen LogP contribution in [0.3, 0.4) is 0 Å². The first-order chi connectivity index (χ1) is 12.6. The Morgan fingerprint density at radius 2 is 1.58 bits per heavy atom. The number of hydrogen-bond acceptors (Lipinski definition) is 3. The Labute approximate surface area is 155 Å². The van der Waals surface area contributed by atoms with Gasteiger partial charge in [0.25, 0.3) is 0 Å². The quantitative estimate of drug-likeness (QED) is 0.491. The predicted octanol–water partition coefficient (Wildman–Crippen LogP) is 6.31. The van der Waals surface area contributed by atoms with E-state index in [9.17, 15) is 0 Å². The molecule has 1 heterocycles. The van der Waals surface area contributed by atoms with Gasteiger partial charge in [-0.2, -0.15) is 0 Å². The summed E-state index contributed by atoms with van der Waals surface area (Å²) in [7, 11) is 0. The molecule has 0 aliphatic heterocycles. The lowest BCUT2D eigenvalue weighted by molar-refractivity contribution is 0.478. The number of aromatic nitrogens is 1. The lowest BCUT2D eigenvalue weighted by Crippen LogP contribution is -2.14. The molecule has 3 rings (SSSR count). The maximum Gasteiger partial charge on any atom is 0.127 e. The van der Waals surface area contributed by atoms with Gasteiger partial charge in [0, 0.05) is 6.20 Å². The maximum atomic E-state index is 5.93. The van der Waals surface area contributed by atoms with Gasteiger partial charge in [-0.15, -0.1) is 0 Å². The smallest absolute Gasteiger partial charge is 0.127 e. The summed E-state index contributed by atoms with van der Waals surface area (Å²) in [6, 6.07) is 21.8. The molecule has 2 aromatic carbocycles. The molecular formula is C23H24N2O. The van der Waals surface area contributed by atoms with E-state index >= 15 is 0 Å². The molecule has 1 aromatic heterocycles. The predicted molar refractivity (Wildman–Crippen MR) is 108 cm³/mol. The lowest BCUT2D eigenvalue weighted by atomic mass is 9.82. The SMILES string of the molecule is CCC(C)(C)c1ccc(Oc2ccc(N=Cc3ccccn3)cc2)cc1. The summed E-state index contributed by atoms with van der Waals surface area (Å²) in [6.07, 6.45) is 4.61. The molecule has 0 fully saturated rings. The Hall–Kier alpha value is -2.94. The summed E-state index contributed by atoms with van der Waals surface area (Å²) in [5.41, 5.74) is 3.21. The van der Waals surface area contributed by atoms with Crippen LogP contribution in [0.5, 0.6) is 11.5 Å². The molecule has 0 unspecified atom stereocenters. The molecule has 26 heavy (non-hydrogen) atoms. The number of ether oxygens (including phenoxy) is 1. The standard InChI is InChI=1S/C23H24N2O/c1-4-23(2,3)18-8-12-21(13-9-18)26-22-14-10-19(11-15-22)25-17-20-7-5-6-16-24-20/h5-17H,4H2,1-3H3. The summed E-state index contributed by atoms with van der Waals surface area (Å²) in [4.78, 5) is 8.65. The highest BCUT2D eigenvalue weighted by molar-refractivity contribution is 5.79. The molecule has 0 spiro atoms. The molecule has 0 aliphatic carbocycles. The zero-order chi connectivity index (χ0) is 18.4. The second-order valence-corrected chi connectivity index (χ2v) is 6.87. The summed E-state index contributed by atoms with van der Waals surface area (Å²) >= 11 is 0. The first-order valence-electron chi connectivity index (χ1n) is 8.90. The highest BCUT2D eigenvalue weighted by Gasteiger charge is 2.17. The minimum Gasteiger partial charge on any atom is -0.457 e. The molecule has 3 aromatic rings. The van der Waals surface area contributed by atoms with Gasteiger partial charge < -0.3 is 4.74 Å². The van der Waals surface area contributed by atoms with Crippen molar-refractivity contribution in [3.05, 3.63) is 84.2 Å². The third kappa shape index (κ3) is 4.57. The number of aliphatic imine (C=N–C) groups is 1. The molecular weight excluding hydrogens is 320 g/mol. The van der Waals surface area contributed by atoms with Crippen molar-refractivity contribution >= 4 is 11.9 Å². The van der Waals surface area contributed by atoms with Crippen molar-refractivity contribution in [2.24, 2.45) is 4.99 Å². The molecule has 0 saturated heterocycles. The van der Waals surface area contributed by atoms with Gasteiger partial charge in [0.2, 0.25) is 0 Å². The number of rotatable bonds is 6. The van der Waals surface area contributed by atoms with E-state index in [2.05, 4.69) is 42.9 Å². The first kappa shape index (κ1) is 17.9. The minimum absolute atomic E-state index is 0.186. The van der Waals surface area contributed by atoms with Crippen molar-refractivity contribution in [3.63, 3.8) is 0 Å². The normalized spacial score (nSPS) is 11.7. The second kappa shape index (κ2) is 7.96. The Morgan fingerprint density at radius 1 is 0.923 bits per heavy atom. The lowest BCUT2D eigenvalue weighted by Gasteiger charge is -2.23. The summed E-state index contributed by atoms with van der Waals surface area (Å²) < 4.78 is 5.93. The van der Waals surface area contributed by atoms with E-state index in [1.165, 1.54) is 5.56 Å². The van der Waals surface area contributed by atoms with Crippen molar-refractivity contribution in [1.29, 1.82) is 0 Å². The first-order valence-corrected chi connectivity index (χ1v) is 8.90. The van der Waals surface area contributed by atoms with Crippen molar-refractivity contribution in [3.8, 4) is 11.5 Å². The van der Waals surface area contributed by atoms with Crippen LogP contribution in [-0.2, 0) is 5.41 Å². The van der Waals surface area contributed by atoms with Gasteiger partial charge in [-0.1, -0.05) is 39.0 Å². The van der Waals surface area contributed by atoms with Crippen LogP contribution in [-0.4, -0.2) is 11.2 Å². The van der Waals surface area contributed by atoms with Gasteiger partial charge in [0.05, 0.1) is 17.6 Å².